The number of nitrogens with zero attached hydrogens (tertiary/aromatic N) is 2. The van der Waals surface area contributed by atoms with E-state index >= 15 is 0 Å². The normalized spacial score (nSPS) is 10.4. The number of hydrogen-bond donors (Lipinski definition) is 2. The molecular formula is C19H16Cl2N4O. The highest BCUT2D eigenvalue weighted by molar-refractivity contribution is 6.31. The molecule has 3 rings (SSSR count). The summed E-state index contributed by atoms with van der Waals surface area (Å²) in [4.78, 5) is 20.5. The van der Waals surface area contributed by atoms with E-state index in [0.29, 0.717) is 34.6 Å². The summed E-state index contributed by atoms with van der Waals surface area (Å²) < 4.78 is 0. The predicted molar refractivity (Wildman–Crippen MR) is 103 cm³/mol. The van der Waals surface area contributed by atoms with Crippen molar-refractivity contribution in [3.05, 3.63) is 87.7 Å². The fraction of sp³-hybridized carbons (Fsp3) is 0.105. The van der Waals surface area contributed by atoms with E-state index in [1.165, 1.54) is 12.4 Å². The average molecular weight is 387 g/mol. The van der Waals surface area contributed by atoms with Gasteiger partial charge in [-0.2, -0.15) is 0 Å². The number of nitrogens with one attached hydrogen (secondary N) is 2. The molecule has 5 nitrogen and oxygen atoms in total. The van der Waals surface area contributed by atoms with Crippen LogP contribution in [0.3, 0.4) is 0 Å². The van der Waals surface area contributed by atoms with Gasteiger partial charge in [-0.25, -0.2) is 9.97 Å². The van der Waals surface area contributed by atoms with Gasteiger partial charge in [-0.3, -0.25) is 4.79 Å². The third-order valence-electron chi connectivity index (χ3n) is 3.71. The molecular weight excluding hydrogens is 371 g/mol. The van der Waals surface area contributed by atoms with Crippen LogP contribution in [0.4, 0.5) is 5.95 Å². The standard InChI is InChI=1S/C19H16Cl2N4O/c20-16-7-3-1-5-13(16)9-22-18(26)15-11-24-19(25-12-15)23-10-14-6-2-4-8-17(14)21/h1-8,11-12H,9-10H2,(H,22,26)(H,23,24,25). The zero-order chi connectivity index (χ0) is 18.4. The van der Waals surface area contributed by atoms with Crippen molar-refractivity contribution < 1.29 is 4.79 Å². The third-order valence-corrected chi connectivity index (χ3v) is 4.44. The maximum Gasteiger partial charge on any atom is 0.254 e. The summed E-state index contributed by atoms with van der Waals surface area (Å²) in [7, 11) is 0. The molecule has 0 spiro atoms. The zero-order valence-corrected chi connectivity index (χ0v) is 15.3. The Morgan fingerprint density at radius 1 is 0.846 bits per heavy atom. The molecule has 0 aliphatic carbocycles. The number of rotatable bonds is 6. The van der Waals surface area contributed by atoms with Gasteiger partial charge in [-0.15, -0.1) is 0 Å². The van der Waals surface area contributed by atoms with Crippen LogP contribution in [0.15, 0.2) is 60.9 Å². The molecule has 132 valence electrons. The smallest absolute Gasteiger partial charge is 0.254 e. The van der Waals surface area contributed by atoms with Crippen molar-refractivity contribution in [2.45, 2.75) is 13.1 Å². The number of aromatic nitrogens is 2. The maximum atomic E-state index is 12.2. The SMILES string of the molecule is O=C(NCc1ccccc1Cl)c1cnc(NCc2ccccc2Cl)nc1. The molecule has 1 heterocycles. The van der Waals surface area contributed by atoms with Gasteiger partial charge in [-0.05, 0) is 23.3 Å². The van der Waals surface area contributed by atoms with Crippen molar-refractivity contribution in [2.75, 3.05) is 5.32 Å². The van der Waals surface area contributed by atoms with Gasteiger partial charge >= 0.3 is 0 Å². The number of carbonyl (C=O) groups is 1. The summed E-state index contributed by atoms with van der Waals surface area (Å²) in [6.45, 7) is 0.836. The number of hydrogen-bond acceptors (Lipinski definition) is 4. The first-order valence-corrected chi connectivity index (χ1v) is 8.70. The van der Waals surface area contributed by atoms with Crippen LogP contribution in [-0.2, 0) is 13.1 Å². The summed E-state index contributed by atoms with van der Waals surface area (Å²) >= 11 is 12.2. The molecule has 0 atom stereocenters. The number of carbonyl (C=O) groups excluding carboxylic acids is 1. The van der Waals surface area contributed by atoms with Gasteiger partial charge < -0.3 is 10.6 Å². The fourth-order valence-corrected chi connectivity index (χ4v) is 2.68. The minimum atomic E-state index is -0.262. The van der Waals surface area contributed by atoms with E-state index in [1.807, 2.05) is 42.5 Å². The Bertz CT molecular complexity index is 900. The number of benzene rings is 2. The second-order valence-electron chi connectivity index (χ2n) is 5.51. The molecule has 1 aromatic heterocycles. The minimum Gasteiger partial charge on any atom is -0.350 e. The van der Waals surface area contributed by atoms with Crippen molar-refractivity contribution >= 4 is 35.1 Å². The van der Waals surface area contributed by atoms with Gasteiger partial charge in [0.2, 0.25) is 5.95 Å². The second kappa shape index (κ2) is 8.65. The zero-order valence-electron chi connectivity index (χ0n) is 13.7. The molecule has 7 heteroatoms. The molecule has 0 fully saturated rings. The third kappa shape index (κ3) is 4.71. The van der Waals surface area contributed by atoms with E-state index in [4.69, 9.17) is 23.2 Å². The summed E-state index contributed by atoms with van der Waals surface area (Å²) in [6.07, 6.45) is 2.95. The summed E-state index contributed by atoms with van der Waals surface area (Å²) in [5.74, 6) is 0.162. The van der Waals surface area contributed by atoms with Gasteiger partial charge in [-0.1, -0.05) is 59.6 Å². The van der Waals surface area contributed by atoms with Gasteiger partial charge in [0, 0.05) is 35.5 Å². The molecule has 1 amide bonds. The topological polar surface area (TPSA) is 66.9 Å². The number of amides is 1. The van der Waals surface area contributed by atoms with Crippen LogP contribution in [0.5, 0.6) is 0 Å². The second-order valence-corrected chi connectivity index (χ2v) is 6.33. The lowest BCUT2D eigenvalue weighted by molar-refractivity contribution is 0.0950. The van der Waals surface area contributed by atoms with Gasteiger partial charge in [0.1, 0.15) is 0 Å². The highest BCUT2D eigenvalue weighted by atomic mass is 35.5. The molecule has 2 N–H and O–H groups in total. The van der Waals surface area contributed by atoms with Crippen molar-refractivity contribution in [3.8, 4) is 0 Å². The first-order chi connectivity index (χ1) is 12.6. The van der Waals surface area contributed by atoms with E-state index < -0.39 is 0 Å². The molecule has 0 bridgehead atoms. The Kier molecular flexibility index (Phi) is 6.04. The minimum absolute atomic E-state index is 0.262. The van der Waals surface area contributed by atoms with Crippen LogP contribution in [0.25, 0.3) is 0 Å². The lowest BCUT2D eigenvalue weighted by Crippen LogP contribution is -2.23. The van der Waals surface area contributed by atoms with Crippen molar-refractivity contribution in [1.29, 1.82) is 0 Å². The number of halogens is 2. The average Bonchev–Trinajstić information content (AvgIpc) is 2.67. The number of anilines is 1. The quantitative estimate of drug-likeness (QED) is 0.661. The molecule has 0 aliphatic rings. The molecule has 0 unspecified atom stereocenters. The highest BCUT2D eigenvalue weighted by Gasteiger charge is 2.08. The molecule has 26 heavy (non-hydrogen) atoms. The molecule has 0 aliphatic heterocycles. The van der Waals surface area contributed by atoms with E-state index in [2.05, 4.69) is 20.6 Å². The maximum absolute atomic E-state index is 12.2. The Morgan fingerprint density at radius 3 is 1.96 bits per heavy atom. The molecule has 3 aromatic rings. The summed E-state index contributed by atoms with van der Waals surface area (Å²) in [5.41, 5.74) is 2.17. The molecule has 2 aromatic carbocycles. The first kappa shape index (κ1) is 18.2. The summed E-state index contributed by atoms with van der Waals surface area (Å²) in [5, 5.41) is 7.17. The van der Waals surface area contributed by atoms with Crippen LogP contribution in [0.1, 0.15) is 21.5 Å². The largest absolute Gasteiger partial charge is 0.350 e. The Hall–Kier alpha value is -2.63. The highest BCUT2D eigenvalue weighted by Crippen LogP contribution is 2.16. The van der Waals surface area contributed by atoms with E-state index in [-0.39, 0.29) is 5.91 Å². The lowest BCUT2D eigenvalue weighted by Gasteiger charge is -2.08. The van der Waals surface area contributed by atoms with Gasteiger partial charge in [0.25, 0.3) is 5.91 Å². The van der Waals surface area contributed by atoms with E-state index in [9.17, 15) is 4.79 Å². The fourth-order valence-electron chi connectivity index (χ4n) is 2.27. The van der Waals surface area contributed by atoms with Crippen LogP contribution in [-0.4, -0.2) is 15.9 Å². The van der Waals surface area contributed by atoms with Crippen LogP contribution >= 0.6 is 23.2 Å². The molecule has 0 saturated heterocycles. The van der Waals surface area contributed by atoms with Gasteiger partial charge in [0.15, 0.2) is 0 Å². The Balaban J connectivity index is 1.56. The van der Waals surface area contributed by atoms with Crippen molar-refractivity contribution in [1.82, 2.24) is 15.3 Å². The van der Waals surface area contributed by atoms with E-state index in [1.54, 1.807) is 6.07 Å². The van der Waals surface area contributed by atoms with Crippen LogP contribution in [0.2, 0.25) is 10.0 Å². The van der Waals surface area contributed by atoms with Crippen molar-refractivity contribution in [3.63, 3.8) is 0 Å². The van der Waals surface area contributed by atoms with E-state index in [0.717, 1.165) is 11.1 Å². The Morgan fingerprint density at radius 2 is 1.38 bits per heavy atom. The van der Waals surface area contributed by atoms with Crippen molar-refractivity contribution in [2.24, 2.45) is 0 Å². The Labute approximate surface area is 161 Å². The predicted octanol–water partition coefficient (Wildman–Crippen LogP) is 4.33. The lowest BCUT2D eigenvalue weighted by atomic mass is 10.2. The monoisotopic (exact) mass is 386 g/mol. The first-order valence-electron chi connectivity index (χ1n) is 7.94. The van der Waals surface area contributed by atoms with Crippen LogP contribution in [0, 0.1) is 0 Å². The molecule has 0 saturated carbocycles. The van der Waals surface area contributed by atoms with Crippen LogP contribution < -0.4 is 10.6 Å². The molecule has 0 radical (unpaired) electrons. The van der Waals surface area contributed by atoms with Gasteiger partial charge in [0.05, 0.1) is 5.56 Å². The summed E-state index contributed by atoms with van der Waals surface area (Å²) in [6, 6.07) is 14.9.